The maximum atomic E-state index is 12.5. The average Bonchev–Trinajstić information content (AvgIpc) is 2.41. The summed E-state index contributed by atoms with van der Waals surface area (Å²) in [5, 5.41) is 0.556. The Labute approximate surface area is 134 Å². The van der Waals surface area contributed by atoms with E-state index in [9.17, 15) is 9.59 Å². The van der Waals surface area contributed by atoms with Crippen LogP contribution >= 0.6 is 46.4 Å². The normalized spacial score (nSPS) is 13.2. The number of carbonyl (C=O) groups excluding carboxylic acids is 2. The van der Waals surface area contributed by atoms with E-state index in [1.807, 2.05) is 0 Å². The molecule has 20 heavy (non-hydrogen) atoms. The highest BCUT2D eigenvalue weighted by atomic mass is 35.5. The van der Waals surface area contributed by atoms with Gasteiger partial charge in [-0.3, -0.25) is 9.59 Å². The number of fused-ring (bicyclic) bond motifs is 2. The van der Waals surface area contributed by atoms with Gasteiger partial charge in [0.25, 0.3) is 0 Å². The van der Waals surface area contributed by atoms with Gasteiger partial charge < -0.3 is 0 Å². The Morgan fingerprint density at radius 1 is 0.700 bits per heavy atom. The van der Waals surface area contributed by atoms with E-state index in [1.54, 1.807) is 6.07 Å². The molecule has 2 aromatic carbocycles. The molecule has 0 heterocycles. The minimum Gasteiger partial charge on any atom is -0.289 e. The molecule has 0 atom stereocenters. The molecule has 0 saturated carbocycles. The van der Waals surface area contributed by atoms with Crippen LogP contribution in [0, 0.1) is 0 Å². The van der Waals surface area contributed by atoms with Gasteiger partial charge >= 0.3 is 0 Å². The topological polar surface area (TPSA) is 34.1 Å². The summed E-state index contributed by atoms with van der Waals surface area (Å²) in [6.45, 7) is 0. The zero-order valence-corrected chi connectivity index (χ0v) is 12.7. The van der Waals surface area contributed by atoms with Crippen molar-refractivity contribution in [3.8, 4) is 0 Å². The number of rotatable bonds is 0. The summed E-state index contributed by atoms with van der Waals surface area (Å²) >= 11 is 23.8. The minimum absolute atomic E-state index is 0.00637. The molecule has 0 fully saturated rings. The predicted octanol–water partition coefficient (Wildman–Crippen LogP) is 5.08. The van der Waals surface area contributed by atoms with Gasteiger partial charge in [0.15, 0.2) is 11.6 Å². The van der Waals surface area contributed by atoms with Gasteiger partial charge in [-0.15, -0.1) is 0 Å². The zero-order valence-electron chi connectivity index (χ0n) is 9.64. The molecule has 0 amide bonds. The first kappa shape index (κ1) is 13.9. The zero-order chi connectivity index (χ0) is 14.6. The number of benzene rings is 2. The Morgan fingerprint density at radius 3 is 2.10 bits per heavy atom. The third-order valence-electron chi connectivity index (χ3n) is 3.10. The Hall–Kier alpha value is -1.06. The summed E-state index contributed by atoms with van der Waals surface area (Å²) in [6, 6.07) is 5.85. The fourth-order valence-electron chi connectivity index (χ4n) is 2.18. The smallest absolute Gasteiger partial charge is 0.196 e. The standard InChI is InChI=1S/C14H4Cl4O2/c15-5-1-2-6-7(3-5)13(19)8-4-9(16)11(17)12(18)10(8)14(6)20/h1-4H. The Bertz CT molecular complexity index is 796. The molecule has 100 valence electrons. The predicted molar refractivity (Wildman–Crippen MR) is 79.8 cm³/mol. The molecule has 0 N–H and O–H groups in total. The second-order valence-electron chi connectivity index (χ2n) is 4.26. The average molecular weight is 346 g/mol. The van der Waals surface area contributed by atoms with E-state index in [4.69, 9.17) is 46.4 Å². The second kappa shape index (κ2) is 4.74. The number of hydrogen-bond acceptors (Lipinski definition) is 2. The monoisotopic (exact) mass is 344 g/mol. The van der Waals surface area contributed by atoms with E-state index in [0.29, 0.717) is 5.02 Å². The van der Waals surface area contributed by atoms with Crippen LogP contribution in [0.4, 0.5) is 0 Å². The van der Waals surface area contributed by atoms with Gasteiger partial charge in [-0.1, -0.05) is 46.4 Å². The Balaban J connectivity index is 2.38. The van der Waals surface area contributed by atoms with Crippen molar-refractivity contribution in [2.45, 2.75) is 0 Å². The summed E-state index contributed by atoms with van der Waals surface area (Å²) in [6.07, 6.45) is 0. The van der Waals surface area contributed by atoms with Gasteiger partial charge in [-0.25, -0.2) is 0 Å². The van der Waals surface area contributed by atoms with Gasteiger partial charge in [-0.2, -0.15) is 0 Å². The van der Waals surface area contributed by atoms with E-state index in [2.05, 4.69) is 0 Å². The van der Waals surface area contributed by atoms with Crippen LogP contribution in [-0.4, -0.2) is 11.6 Å². The van der Waals surface area contributed by atoms with Crippen LogP contribution in [0.1, 0.15) is 31.8 Å². The third-order valence-corrected chi connectivity index (χ3v) is 4.60. The molecule has 0 unspecified atom stereocenters. The lowest BCUT2D eigenvalue weighted by Crippen LogP contribution is -2.21. The van der Waals surface area contributed by atoms with E-state index in [0.717, 1.165) is 0 Å². The highest BCUT2D eigenvalue weighted by Gasteiger charge is 2.33. The van der Waals surface area contributed by atoms with Crippen LogP contribution in [0.15, 0.2) is 24.3 Å². The highest BCUT2D eigenvalue weighted by molar-refractivity contribution is 6.51. The molecule has 0 aromatic heterocycles. The first-order valence-electron chi connectivity index (χ1n) is 5.48. The molecule has 6 heteroatoms. The van der Waals surface area contributed by atoms with E-state index < -0.39 is 0 Å². The van der Waals surface area contributed by atoms with Crippen LogP contribution in [0.3, 0.4) is 0 Å². The number of hydrogen-bond donors (Lipinski definition) is 0. The summed E-state index contributed by atoms with van der Waals surface area (Å²) in [4.78, 5) is 24.9. The second-order valence-corrected chi connectivity index (χ2v) is 5.86. The molecule has 1 aliphatic carbocycles. The lowest BCUT2D eigenvalue weighted by molar-refractivity contribution is 0.0979. The van der Waals surface area contributed by atoms with Crippen molar-refractivity contribution in [2.75, 3.05) is 0 Å². The molecule has 0 aliphatic heterocycles. The van der Waals surface area contributed by atoms with Gasteiger partial charge in [0.2, 0.25) is 0 Å². The summed E-state index contributed by atoms with van der Waals surface area (Å²) < 4.78 is 0. The fraction of sp³-hybridized carbons (Fsp3) is 0. The van der Waals surface area contributed by atoms with Gasteiger partial charge in [0, 0.05) is 21.7 Å². The van der Waals surface area contributed by atoms with Crippen molar-refractivity contribution in [3.63, 3.8) is 0 Å². The minimum atomic E-state index is -0.366. The van der Waals surface area contributed by atoms with Crippen molar-refractivity contribution in [3.05, 3.63) is 66.6 Å². The molecule has 0 spiro atoms. The van der Waals surface area contributed by atoms with Crippen molar-refractivity contribution in [1.82, 2.24) is 0 Å². The van der Waals surface area contributed by atoms with Crippen molar-refractivity contribution in [1.29, 1.82) is 0 Å². The molecule has 2 nitrogen and oxygen atoms in total. The van der Waals surface area contributed by atoms with E-state index >= 15 is 0 Å². The lowest BCUT2D eigenvalue weighted by Gasteiger charge is -2.19. The quantitative estimate of drug-likeness (QED) is 0.532. The molecule has 0 radical (unpaired) electrons. The van der Waals surface area contributed by atoms with Crippen LogP contribution in [0.5, 0.6) is 0 Å². The van der Waals surface area contributed by atoms with Crippen molar-refractivity contribution < 1.29 is 9.59 Å². The first-order chi connectivity index (χ1) is 9.41. The maximum absolute atomic E-state index is 12.5. The van der Waals surface area contributed by atoms with Crippen molar-refractivity contribution >= 4 is 58.0 Å². The van der Waals surface area contributed by atoms with Crippen LogP contribution in [0.25, 0.3) is 0 Å². The van der Waals surface area contributed by atoms with Crippen molar-refractivity contribution in [2.24, 2.45) is 0 Å². The summed E-state index contributed by atoms with van der Waals surface area (Å²) in [7, 11) is 0. The molecule has 2 aromatic rings. The third kappa shape index (κ3) is 1.87. The summed E-state index contributed by atoms with van der Waals surface area (Å²) in [5.41, 5.74) is 0.724. The van der Waals surface area contributed by atoms with Gasteiger partial charge in [0.05, 0.1) is 20.6 Å². The van der Waals surface area contributed by atoms with Crippen LogP contribution in [0.2, 0.25) is 20.1 Å². The van der Waals surface area contributed by atoms with E-state index in [-0.39, 0.29) is 48.9 Å². The van der Waals surface area contributed by atoms with Gasteiger partial charge in [0.1, 0.15) is 0 Å². The number of ketones is 2. The molecule has 3 rings (SSSR count). The van der Waals surface area contributed by atoms with Crippen LogP contribution < -0.4 is 0 Å². The fourth-order valence-corrected chi connectivity index (χ4v) is 3.04. The highest BCUT2D eigenvalue weighted by Crippen LogP contribution is 2.40. The molecule has 0 bridgehead atoms. The van der Waals surface area contributed by atoms with Crippen LogP contribution in [-0.2, 0) is 0 Å². The number of carbonyl (C=O) groups is 2. The number of halogens is 4. The lowest BCUT2D eigenvalue weighted by atomic mass is 9.84. The first-order valence-corrected chi connectivity index (χ1v) is 6.99. The molecular weight excluding hydrogens is 342 g/mol. The Morgan fingerprint density at radius 2 is 1.40 bits per heavy atom. The van der Waals surface area contributed by atoms with Gasteiger partial charge in [-0.05, 0) is 24.3 Å². The molecular formula is C14H4Cl4O2. The largest absolute Gasteiger partial charge is 0.289 e. The summed E-state index contributed by atoms with van der Waals surface area (Å²) in [5.74, 6) is -0.715. The molecule has 1 aliphatic rings. The Kier molecular flexibility index (Phi) is 3.30. The maximum Gasteiger partial charge on any atom is 0.196 e. The SMILES string of the molecule is O=C1c2cc(Cl)ccc2C(=O)c2c1cc(Cl)c(Cl)c2Cl. The van der Waals surface area contributed by atoms with E-state index in [1.165, 1.54) is 18.2 Å². The molecule has 0 saturated heterocycles.